The SMILES string of the molecule is CC(C)[C@@H](NC(=O)c1cccc(C(=O)NCCOCCOCCOCCOCCC(=O)NCCOCCOCCOCCOCCOCCOCCOCCOCCOCCOCCOCCNC(=O)CCCC[C@@H]2SC[C@@H]3NC(=O)N[C@@H]32)c1)C(=O)N1CCC(c2ccc(Cl)cc2)CC1. The summed E-state index contributed by atoms with van der Waals surface area (Å²) >= 11 is 7.96. The van der Waals surface area contributed by atoms with Crippen LogP contribution >= 0.6 is 23.4 Å². The number of likely N-dealkylation sites (tertiary alicyclic amines) is 1. The summed E-state index contributed by atoms with van der Waals surface area (Å²) in [5, 5.41) is 18.5. The van der Waals surface area contributed by atoms with Crippen molar-refractivity contribution in [1.82, 2.24) is 36.8 Å². The fourth-order valence-corrected chi connectivity index (χ4v) is 12.1. The summed E-state index contributed by atoms with van der Waals surface area (Å²) in [5.41, 5.74) is 1.82. The molecule has 0 radical (unpaired) electrons. The van der Waals surface area contributed by atoms with Gasteiger partial charge in [0.1, 0.15) is 6.04 Å². The van der Waals surface area contributed by atoms with Crippen molar-refractivity contribution in [2.24, 2.45) is 5.92 Å². The second-order valence-corrected chi connectivity index (χ2v) is 25.4. The standard InChI is InChI=1S/C69H112ClN7O21S/c1-54(2)64(68(82)77-20-14-56(15-21-77)55-10-12-59(70)13-11-55)75-67(81)58-7-5-6-57(52-58)66(80)73-19-25-87-29-33-91-35-34-88-30-26-84-22-16-63(79)72-18-24-86-28-32-90-37-39-93-41-43-95-45-47-97-49-51-98-50-48-96-46-44-94-42-40-92-38-36-89-31-27-85-23-17-71-62(78)9-4-3-8-61-65-60(53-99-61)74-69(83)76-65/h5-7,10-13,52,54,56,60-61,64-65H,3-4,8-9,14-51,53H2,1-2H3,(H,71,78)(H,72,79)(H,73,80)(H,75,81)(H2,74,76,83)/t60-,61-,64+,65-/m0/s1. The minimum absolute atomic E-state index is 0.0323. The van der Waals surface area contributed by atoms with E-state index >= 15 is 0 Å². The second kappa shape index (κ2) is 55.7. The van der Waals surface area contributed by atoms with Crippen LogP contribution in [0.15, 0.2) is 48.5 Å². The van der Waals surface area contributed by atoms with E-state index in [4.69, 9.17) is 82.7 Å². The van der Waals surface area contributed by atoms with Crippen LogP contribution in [0.3, 0.4) is 0 Å². The summed E-state index contributed by atoms with van der Waals surface area (Å²) in [4.78, 5) is 77.4. The van der Waals surface area contributed by atoms with Crippen molar-refractivity contribution < 1.29 is 99.8 Å². The number of amides is 7. The highest BCUT2D eigenvalue weighted by Gasteiger charge is 2.42. The third-order valence-electron chi connectivity index (χ3n) is 15.8. The molecule has 3 fully saturated rings. The smallest absolute Gasteiger partial charge is 0.315 e. The maximum absolute atomic E-state index is 13.6. The molecule has 3 heterocycles. The van der Waals surface area contributed by atoms with Gasteiger partial charge in [0, 0.05) is 72.7 Å². The Balaban J connectivity index is 0.652. The molecule has 0 unspecified atom stereocenters. The van der Waals surface area contributed by atoms with Crippen molar-refractivity contribution in [2.45, 2.75) is 88.1 Å². The Kier molecular flexibility index (Phi) is 47.7. The molecule has 3 aliphatic heterocycles. The Labute approximate surface area is 593 Å². The van der Waals surface area contributed by atoms with Crippen molar-refractivity contribution in [3.63, 3.8) is 0 Å². The molecule has 3 saturated heterocycles. The molecule has 2 aromatic rings. The van der Waals surface area contributed by atoms with Crippen LogP contribution in [0.5, 0.6) is 0 Å². The molecule has 0 bridgehead atoms. The van der Waals surface area contributed by atoms with Crippen LogP contribution in [-0.2, 0) is 85.4 Å². The molecule has 7 amide bonds. The molecule has 6 N–H and O–H groups in total. The highest BCUT2D eigenvalue weighted by atomic mass is 35.5. The van der Waals surface area contributed by atoms with Gasteiger partial charge in [-0.2, -0.15) is 11.8 Å². The number of thioether (sulfide) groups is 1. The van der Waals surface area contributed by atoms with Crippen LogP contribution in [0.1, 0.15) is 91.0 Å². The number of fused-ring (bicyclic) bond motifs is 1. The Bertz CT molecular complexity index is 2480. The Morgan fingerprint density at radius 2 is 0.889 bits per heavy atom. The lowest BCUT2D eigenvalue weighted by Gasteiger charge is -2.35. The Morgan fingerprint density at radius 1 is 0.495 bits per heavy atom. The van der Waals surface area contributed by atoms with Crippen LogP contribution in [0.2, 0.25) is 5.02 Å². The zero-order valence-corrected chi connectivity index (χ0v) is 59.9. The molecule has 5 rings (SSSR count). The average molecular weight is 1440 g/mol. The number of piperidine rings is 1. The van der Waals surface area contributed by atoms with Crippen molar-refractivity contribution in [1.29, 1.82) is 0 Å². The quantitative estimate of drug-likeness (QED) is 0.0405. The lowest BCUT2D eigenvalue weighted by molar-refractivity contribution is -0.135. The van der Waals surface area contributed by atoms with Gasteiger partial charge in [0.15, 0.2) is 0 Å². The fourth-order valence-electron chi connectivity index (χ4n) is 10.4. The maximum Gasteiger partial charge on any atom is 0.315 e. The Morgan fingerprint density at radius 3 is 1.32 bits per heavy atom. The lowest BCUT2D eigenvalue weighted by Crippen LogP contribution is -2.52. The van der Waals surface area contributed by atoms with E-state index in [9.17, 15) is 28.8 Å². The number of hydrogen-bond donors (Lipinski definition) is 6. The minimum atomic E-state index is -0.704. The predicted molar refractivity (Wildman–Crippen MR) is 372 cm³/mol. The summed E-state index contributed by atoms with van der Waals surface area (Å²) in [5.74, 6) is 0.189. The van der Waals surface area contributed by atoms with Gasteiger partial charge in [-0.1, -0.05) is 50.1 Å². The number of hydrogen-bond acceptors (Lipinski definition) is 22. The zero-order valence-electron chi connectivity index (χ0n) is 58.3. The molecule has 99 heavy (non-hydrogen) atoms. The van der Waals surface area contributed by atoms with Gasteiger partial charge in [0.25, 0.3) is 11.8 Å². The van der Waals surface area contributed by atoms with Crippen LogP contribution < -0.4 is 31.9 Å². The van der Waals surface area contributed by atoms with Crippen LogP contribution in [-0.4, -0.2) is 301 Å². The molecule has 4 atom stereocenters. The first-order valence-electron chi connectivity index (χ1n) is 35.1. The first-order chi connectivity index (χ1) is 48.5. The van der Waals surface area contributed by atoms with E-state index in [1.54, 1.807) is 18.2 Å². The van der Waals surface area contributed by atoms with Crippen LogP contribution in [0.25, 0.3) is 0 Å². The van der Waals surface area contributed by atoms with Crippen molar-refractivity contribution in [3.8, 4) is 0 Å². The van der Waals surface area contributed by atoms with E-state index in [2.05, 4.69) is 31.9 Å². The monoisotopic (exact) mass is 1440 g/mol. The zero-order chi connectivity index (χ0) is 70.4. The number of carbonyl (C=O) groups is 6. The lowest BCUT2D eigenvalue weighted by atomic mass is 9.89. The topological polar surface area (TPSA) is 316 Å². The number of nitrogens with zero attached hydrogens (tertiary/aromatic N) is 1. The number of ether oxygens (including phenoxy) is 15. The van der Waals surface area contributed by atoms with Gasteiger partial charge in [0.05, 0.1) is 210 Å². The summed E-state index contributed by atoms with van der Waals surface area (Å²) in [7, 11) is 0. The molecule has 28 nitrogen and oxygen atoms in total. The van der Waals surface area contributed by atoms with E-state index in [-0.39, 0.29) is 79.4 Å². The van der Waals surface area contributed by atoms with E-state index in [1.807, 2.05) is 54.8 Å². The van der Waals surface area contributed by atoms with Gasteiger partial charge in [-0.3, -0.25) is 24.0 Å². The summed E-state index contributed by atoms with van der Waals surface area (Å²) in [6, 6.07) is 13.9. The third kappa shape index (κ3) is 39.9. The highest BCUT2D eigenvalue weighted by molar-refractivity contribution is 8.00. The van der Waals surface area contributed by atoms with Gasteiger partial charge >= 0.3 is 6.03 Å². The molecule has 0 aromatic heterocycles. The summed E-state index contributed by atoms with van der Waals surface area (Å²) in [6.45, 7) is 18.6. The third-order valence-corrected chi connectivity index (χ3v) is 17.6. The molecule has 2 aromatic carbocycles. The van der Waals surface area contributed by atoms with E-state index < -0.39 is 11.9 Å². The number of unbranched alkanes of at least 4 members (excludes halogenated alkanes) is 1. The molecule has 3 aliphatic rings. The predicted octanol–water partition coefficient (Wildman–Crippen LogP) is 3.83. The van der Waals surface area contributed by atoms with E-state index in [0.29, 0.717) is 239 Å². The maximum atomic E-state index is 13.6. The van der Waals surface area contributed by atoms with Crippen molar-refractivity contribution >= 4 is 58.9 Å². The van der Waals surface area contributed by atoms with Gasteiger partial charge in [-0.25, -0.2) is 4.79 Å². The van der Waals surface area contributed by atoms with Crippen molar-refractivity contribution in [3.05, 3.63) is 70.2 Å². The molecule has 0 saturated carbocycles. The van der Waals surface area contributed by atoms with Crippen molar-refractivity contribution in [2.75, 3.05) is 237 Å². The fraction of sp³-hybridized carbons (Fsp3) is 0.739. The normalized spacial score (nSPS) is 16.4. The number of nitrogens with one attached hydrogen (secondary N) is 6. The molecule has 0 aliphatic carbocycles. The average Bonchev–Trinajstić information content (AvgIpc) is 1.71. The number of carbonyl (C=O) groups excluding carboxylic acids is 6. The van der Waals surface area contributed by atoms with Gasteiger partial charge < -0.3 is 108 Å². The van der Waals surface area contributed by atoms with Gasteiger partial charge in [-0.05, 0) is 73.4 Å². The highest BCUT2D eigenvalue weighted by Crippen LogP contribution is 2.33. The molecule has 0 spiro atoms. The number of halogens is 1. The summed E-state index contributed by atoms with van der Waals surface area (Å²) in [6.07, 6.45) is 5.18. The first-order valence-corrected chi connectivity index (χ1v) is 36.5. The number of urea groups is 1. The number of rotatable bonds is 62. The second-order valence-electron chi connectivity index (χ2n) is 23.7. The molecule has 30 heteroatoms. The first kappa shape index (κ1) is 84.8. The van der Waals surface area contributed by atoms with E-state index in [1.165, 1.54) is 11.6 Å². The Hall–Kier alpha value is -4.90. The minimum Gasteiger partial charge on any atom is -0.379 e. The summed E-state index contributed by atoms with van der Waals surface area (Å²) < 4.78 is 82.9. The van der Waals surface area contributed by atoms with Gasteiger partial charge in [-0.15, -0.1) is 0 Å². The molecular weight excluding hydrogens is 1330 g/mol. The van der Waals surface area contributed by atoms with Crippen LogP contribution in [0, 0.1) is 5.92 Å². The number of benzene rings is 2. The molecular formula is C69H112ClN7O21S. The van der Waals surface area contributed by atoms with Crippen LogP contribution in [0.4, 0.5) is 4.79 Å². The van der Waals surface area contributed by atoms with Gasteiger partial charge in [0.2, 0.25) is 17.7 Å². The van der Waals surface area contributed by atoms with E-state index in [0.717, 1.165) is 37.9 Å². The molecule has 562 valence electrons. The largest absolute Gasteiger partial charge is 0.379 e.